The predicted molar refractivity (Wildman–Crippen MR) is 176 cm³/mol. The van der Waals surface area contributed by atoms with Gasteiger partial charge in [0.25, 0.3) is 0 Å². The Bertz CT molecular complexity index is 2140. The van der Waals surface area contributed by atoms with Crippen LogP contribution in [0, 0.1) is 0 Å². The molecule has 0 saturated carbocycles. The summed E-state index contributed by atoms with van der Waals surface area (Å²) in [5.41, 5.74) is 12.6. The van der Waals surface area contributed by atoms with Gasteiger partial charge in [0.2, 0.25) is 0 Å². The van der Waals surface area contributed by atoms with Crippen molar-refractivity contribution in [2.24, 2.45) is 0 Å². The zero-order chi connectivity index (χ0) is 28.3. The lowest BCUT2D eigenvalue weighted by Crippen LogP contribution is -2.14. The van der Waals surface area contributed by atoms with Crippen molar-refractivity contribution in [3.05, 3.63) is 157 Å². The third kappa shape index (κ3) is 3.63. The molecule has 1 unspecified atom stereocenters. The molecule has 0 bridgehead atoms. The molecule has 0 spiro atoms. The SMILES string of the molecule is c1ccc(-n2c3c(c4ccccc42)-c2ccccc2N(c2cccc(C4Nc5ccccc5O4)c2)c2ccccc2-3)cc1. The highest BCUT2D eigenvalue weighted by Crippen LogP contribution is 2.54. The van der Waals surface area contributed by atoms with Crippen molar-refractivity contribution in [1.82, 2.24) is 4.57 Å². The van der Waals surface area contributed by atoms with Crippen molar-refractivity contribution in [3.8, 4) is 33.8 Å². The van der Waals surface area contributed by atoms with Crippen molar-refractivity contribution in [2.45, 2.75) is 6.23 Å². The summed E-state index contributed by atoms with van der Waals surface area (Å²) >= 11 is 0. The molecule has 0 fully saturated rings. The van der Waals surface area contributed by atoms with Gasteiger partial charge in [-0.1, -0.05) is 97.1 Å². The van der Waals surface area contributed by atoms with E-state index in [0.29, 0.717) is 0 Å². The van der Waals surface area contributed by atoms with Crippen LogP contribution in [0.1, 0.15) is 11.8 Å². The van der Waals surface area contributed by atoms with Crippen molar-refractivity contribution >= 4 is 33.7 Å². The Morgan fingerprint density at radius 3 is 2.09 bits per heavy atom. The average molecular weight is 554 g/mol. The molecule has 43 heavy (non-hydrogen) atoms. The van der Waals surface area contributed by atoms with E-state index in [1.807, 2.05) is 18.2 Å². The van der Waals surface area contributed by atoms with E-state index >= 15 is 0 Å². The zero-order valence-corrected chi connectivity index (χ0v) is 23.3. The van der Waals surface area contributed by atoms with Crippen molar-refractivity contribution in [3.63, 3.8) is 0 Å². The Hall–Kier alpha value is -5.74. The molecule has 1 N–H and O–H groups in total. The highest BCUT2D eigenvalue weighted by molar-refractivity contribution is 6.12. The number of hydrogen-bond acceptors (Lipinski definition) is 3. The number of ether oxygens (including phenoxy) is 1. The molecule has 7 aromatic rings. The third-order valence-corrected chi connectivity index (χ3v) is 8.55. The van der Waals surface area contributed by atoms with Crippen LogP contribution in [0.4, 0.5) is 22.7 Å². The van der Waals surface area contributed by atoms with Gasteiger partial charge >= 0.3 is 0 Å². The fourth-order valence-corrected chi connectivity index (χ4v) is 6.73. The number of fused-ring (bicyclic) bond motifs is 8. The number of para-hydroxylation sites is 6. The lowest BCUT2D eigenvalue weighted by molar-refractivity contribution is 0.260. The average Bonchev–Trinajstić information content (AvgIpc) is 3.63. The molecule has 1 atom stereocenters. The Kier molecular flexibility index (Phi) is 5.23. The summed E-state index contributed by atoms with van der Waals surface area (Å²) in [5.74, 6) is 0.878. The maximum absolute atomic E-state index is 6.32. The van der Waals surface area contributed by atoms with E-state index in [-0.39, 0.29) is 6.23 Å². The van der Waals surface area contributed by atoms with Crippen molar-refractivity contribution in [2.75, 3.05) is 10.2 Å². The van der Waals surface area contributed by atoms with Crippen LogP contribution in [0.3, 0.4) is 0 Å². The Balaban J connectivity index is 1.30. The van der Waals surface area contributed by atoms with Crippen LogP contribution in [0.25, 0.3) is 39.0 Å². The van der Waals surface area contributed by atoms with Gasteiger partial charge in [-0.15, -0.1) is 0 Å². The molecular formula is C39H27N3O. The Morgan fingerprint density at radius 1 is 0.558 bits per heavy atom. The number of aromatic nitrogens is 1. The molecule has 2 aliphatic rings. The highest BCUT2D eigenvalue weighted by Gasteiger charge is 2.31. The van der Waals surface area contributed by atoms with E-state index in [0.717, 1.165) is 39.7 Å². The van der Waals surface area contributed by atoms with Gasteiger partial charge in [0, 0.05) is 39.0 Å². The molecule has 204 valence electrons. The standard InChI is InChI=1S/C39H27N3O/c1-2-14-27(15-3-1)42-34-22-9-5-18-30(34)37-29-17-4-8-21-33(29)41(35-23-10-6-19-31(35)38(37)42)28-16-12-13-26(25-28)39-40-32-20-7-11-24-36(32)43-39/h1-25,39-40H. The first-order chi connectivity index (χ1) is 21.3. The van der Waals surface area contributed by atoms with Gasteiger partial charge in [-0.3, -0.25) is 0 Å². The third-order valence-electron chi connectivity index (χ3n) is 8.55. The first kappa shape index (κ1) is 23.9. The second kappa shape index (κ2) is 9.40. The van der Waals surface area contributed by atoms with Crippen LogP contribution >= 0.6 is 0 Å². The first-order valence-electron chi connectivity index (χ1n) is 14.7. The molecular weight excluding hydrogens is 526 g/mol. The van der Waals surface area contributed by atoms with Gasteiger partial charge in [0.05, 0.1) is 28.3 Å². The fourth-order valence-electron chi connectivity index (χ4n) is 6.73. The summed E-state index contributed by atoms with van der Waals surface area (Å²) in [6, 6.07) is 53.8. The second-order valence-electron chi connectivity index (χ2n) is 11.0. The van der Waals surface area contributed by atoms with Crippen LogP contribution < -0.4 is 15.0 Å². The largest absolute Gasteiger partial charge is 0.464 e. The van der Waals surface area contributed by atoms with Crippen LogP contribution in [0.5, 0.6) is 5.75 Å². The van der Waals surface area contributed by atoms with Crippen molar-refractivity contribution in [1.29, 1.82) is 0 Å². The normalized spacial score (nSPS) is 14.6. The second-order valence-corrected chi connectivity index (χ2v) is 11.0. The molecule has 0 saturated heterocycles. The molecule has 1 aromatic heterocycles. The molecule has 6 aromatic carbocycles. The molecule has 3 heterocycles. The minimum Gasteiger partial charge on any atom is -0.464 e. The molecule has 4 heteroatoms. The smallest absolute Gasteiger partial charge is 0.196 e. The lowest BCUT2D eigenvalue weighted by atomic mass is 9.98. The lowest BCUT2D eigenvalue weighted by Gasteiger charge is -2.28. The summed E-state index contributed by atoms with van der Waals surface area (Å²) in [5, 5.41) is 4.78. The van der Waals surface area contributed by atoms with Gasteiger partial charge in [0.15, 0.2) is 6.23 Å². The Morgan fingerprint density at radius 2 is 1.23 bits per heavy atom. The van der Waals surface area contributed by atoms with Gasteiger partial charge in [-0.05, 0) is 54.6 Å². The fraction of sp³-hybridized carbons (Fsp3) is 0.0256. The van der Waals surface area contributed by atoms with Gasteiger partial charge in [-0.2, -0.15) is 0 Å². The number of nitrogens with one attached hydrogen (secondary N) is 1. The van der Waals surface area contributed by atoms with Crippen LogP contribution in [0.15, 0.2) is 152 Å². The molecule has 2 aliphatic heterocycles. The number of hydrogen-bond donors (Lipinski definition) is 1. The van der Waals surface area contributed by atoms with Gasteiger partial charge in [0.1, 0.15) is 5.75 Å². The maximum Gasteiger partial charge on any atom is 0.196 e. The number of benzene rings is 6. The monoisotopic (exact) mass is 553 g/mol. The van der Waals surface area contributed by atoms with Crippen LogP contribution in [-0.4, -0.2) is 4.57 Å². The van der Waals surface area contributed by atoms with E-state index < -0.39 is 0 Å². The Labute approximate surface area is 250 Å². The maximum atomic E-state index is 6.32. The molecule has 0 radical (unpaired) electrons. The van der Waals surface area contributed by atoms with E-state index in [1.165, 1.54) is 33.3 Å². The summed E-state index contributed by atoms with van der Waals surface area (Å²) in [4.78, 5) is 2.40. The summed E-state index contributed by atoms with van der Waals surface area (Å²) in [6.45, 7) is 0. The summed E-state index contributed by atoms with van der Waals surface area (Å²) < 4.78 is 8.74. The number of nitrogens with zero attached hydrogens (tertiary/aromatic N) is 2. The zero-order valence-electron chi connectivity index (χ0n) is 23.3. The van der Waals surface area contributed by atoms with Crippen LogP contribution in [-0.2, 0) is 0 Å². The quantitative estimate of drug-likeness (QED) is 0.236. The number of anilines is 4. The minimum absolute atomic E-state index is 0.251. The van der Waals surface area contributed by atoms with Gasteiger partial charge in [-0.25, -0.2) is 0 Å². The first-order valence-corrected chi connectivity index (χ1v) is 14.7. The number of rotatable bonds is 3. The molecule has 0 amide bonds. The minimum atomic E-state index is -0.251. The molecule has 0 aliphatic carbocycles. The highest BCUT2D eigenvalue weighted by atomic mass is 16.5. The van der Waals surface area contributed by atoms with Crippen LogP contribution in [0.2, 0.25) is 0 Å². The summed E-state index contributed by atoms with van der Waals surface area (Å²) in [7, 11) is 0. The summed E-state index contributed by atoms with van der Waals surface area (Å²) in [6.07, 6.45) is -0.251. The molecule has 9 rings (SSSR count). The van der Waals surface area contributed by atoms with E-state index in [9.17, 15) is 0 Å². The molecule has 4 nitrogen and oxygen atoms in total. The van der Waals surface area contributed by atoms with Crippen molar-refractivity contribution < 1.29 is 4.74 Å². The predicted octanol–water partition coefficient (Wildman–Crippen LogP) is 10.3. The van der Waals surface area contributed by atoms with E-state index in [2.05, 4.69) is 148 Å². The van der Waals surface area contributed by atoms with E-state index in [4.69, 9.17) is 4.74 Å². The van der Waals surface area contributed by atoms with E-state index in [1.54, 1.807) is 0 Å². The van der Waals surface area contributed by atoms with Gasteiger partial charge < -0.3 is 19.5 Å². The topological polar surface area (TPSA) is 29.4 Å².